The maximum atomic E-state index is 12.1. The Labute approximate surface area is 209 Å². The maximum Gasteiger partial charge on any atom is 0.228 e. The molecule has 1 amide bonds. The summed E-state index contributed by atoms with van der Waals surface area (Å²) in [7, 11) is 4.07. The number of nitrogens with one attached hydrogen (secondary N) is 1. The average molecular weight is 476 g/mol. The van der Waals surface area contributed by atoms with E-state index in [0.717, 1.165) is 53.6 Å². The fraction of sp³-hybridized carbons (Fsp3) is 0.429. The number of hydrogen-bond acceptors (Lipinski definition) is 6. The smallest absolute Gasteiger partial charge is 0.228 e. The molecule has 35 heavy (non-hydrogen) atoms. The molecule has 1 saturated carbocycles. The van der Waals surface area contributed by atoms with Crippen molar-refractivity contribution in [3.63, 3.8) is 0 Å². The van der Waals surface area contributed by atoms with Gasteiger partial charge in [-0.05, 0) is 64.4 Å². The monoisotopic (exact) mass is 475 g/mol. The zero-order valence-electron chi connectivity index (χ0n) is 21.6. The summed E-state index contributed by atoms with van der Waals surface area (Å²) in [4.78, 5) is 27.5. The Bertz CT molecular complexity index is 1210. The number of aryl methyl sites for hydroxylation is 1. The average Bonchev–Trinajstić information content (AvgIpc) is 3.71. The highest BCUT2D eigenvalue weighted by atomic mass is 16.5. The molecule has 3 aromatic rings. The summed E-state index contributed by atoms with van der Waals surface area (Å²) in [5.74, 6) is 7.72. The largest absolute Gasteiger partial charge is 0.487 e. The van der Waals surface area contributed by atoms with Gasteiger partial charge in [0.2, 0.25) is 5.91 Å². The first-order chi connectivity index (χ1) is 16.9. The van der Waals surface area contributed by atoms with Gasteiger partial charge in [-0.3, -0.25) is 9.78 Å². The highest BCUT2D eigenvalue weighted by molar-refractivity contribution is 5.96. The molecule has 0 aromatic carbocycles. The van der Waals surface area contributed by atoms with Crippen LogP contribution in [0.2, 0.25) is 0 Å². The van der Waals surface area contributed by atoms with Crippen LogP contribution >= 0.6 is 0 Å². The minimum atomic E-state index is 0. The third kappa shape index (κ3) is 7.24. The molecule has 4 rings (SSSR count). The van der Waals surface area contributed by atoms with Crippen molar-refractivity contribution < 1.29 is 11.0 Å². The Balaban J connectivity index is 0.00000148. The molecule has 186 valence electrons. The van der Waals surface area contributed by atoms with Crippen LogP contribution in [0.3, 0.4) is 0 Å². The van der Waals surface area contributed by atoms with Crippen molar-refractivity contribution in [1.29, 1.82) is 0 Å². The van der Waals surface area contributed by atoms with Crippen LogP contribution < -0.4 is 10.1 Å². The Morgan fingerprint density at radius 1 is 1.14 bits per heavy atom. The van der Waals surface area contributed by atoms with Gasteiger partial charge in [0.25, 0.3) is 0 Å². The molecule has 3 aromatic heterocycles. The van der Waals surface area contributed by atoms with Crippen molar-refractivity contribution in [1.82, 2.24) is 19.9 Å². The molecular weight excluding hydrogens is 438 g/mol. The number of hydrogen-bond donors (Lipinski definition) is 1. The lowest BCUT2D eigenvalue weighted by molar-refractivity contribution is -0.117. The van der Waals surface area contributed by atoms with Crippen LogP contribution in [0.4, 0.5) is 5.82 Å². The zero-order valence-corrected chi connectivity index (χ0v) is 21.6. The molecule has 1 unspecified atom stereocenters. The highest BCUT2D eigenvalue weighted by Gasteiger charge is 2.29. The predicted molar refractivity (Wildman–Crippen MR) is 143 cm³/mol. The normalized spacial score (nSPS) is 13.3. The molecule has 0 aliphatic heterocycles. The molecule has 0 bridgehead atoms. The van der Waals surface area contributed by atoms with Crippen molar-refractivity contribution in [2.24, 2.45) is 5.92 Å². The molecular formula is C28H37N5O2. The van der Waals surface area contributed by atoms with Gasteiger partial charge in [-0.25, -0.2) is 9.97 Å². The van der Waals surface area contributed by atoms with Gasteiger partial charge in [-0.15, -0.1) is 0 Å². The van der Waals surface area contributed by atoms with Crippen molar-refractivity contribution >= 4 is 22.5 Å². The van der Waals surface area contributed by atoms with Gasteiger partial charge in [0.05, 0.1) is 11.8 Å². The Morgan fingerprint density at radius 2 is 1.91 bits per heavy atom. The van der Waals surface area contributed by atoms with E-state index in [9.17, 15) is 4.79 Å². The maximum absolute atomic E-state index is 12.1. The van der Waals surface area contributed by atoms with Crippen LogP contribution in [0.15, 0.2) is 36.8 Å². The molecule has 1 aliphatic rings. The minimum Gasteiger partial charge on any atom is -0.487 e. The van der Waals surface area contributed by atoms with Crippen LogP contribution in [0.25, 0.3) is 10.8 Å². The van der Waals surface area contributed by atoms with E-state index >= 15 is 0 Å². The molecule has 1 N–H and O–H groups in total. The SMILES string of the molecule is CC.CCC(CN(C)C)Oc1ccc(C#Cc2cnc(C)c3cnc(NC(=O)C4CC4)cc23)nc1.[HH]. The summed E-state index contributed by atoms with van der Waals surface area (Å²) in [6.45, 7) is 8.90. The lowest BCUT2D eigenvalue weighted by atomic mass is 10.1. The Hall–Kier alpha value is -3.50. The first-order valence-electron chi connectivity index (χ1n) is 12.3. The number of carbonyl (C=O) groups excluding carboxylic acids is 1. The number of anilines is 1. The van der Waals surface area contributed by atoms with E-state index < -0.39 is 0 Å². The highest BCUT2D eigenvalue weighted by Crippen LogP contribution is 2.30. The lowest BCUT2D eigenvalue weighted by Gasteiger charge is -2.20. The zero-order chi connectivity index (χ0) is 25.4. The number of nitrogens with zero attached hydrogens (tertiary/aromatic N) is 4. The number of pyridine rings is 3. The number of carbonyl (C=O) groups is 1. The van der Waals surface area contributed by atoms with Gasteiger partial charge in [0.1, 0.15) is 23.4 Å². The summed E-state index contributed by atoms with van der Waals surface area (Å²) >= 11 is 0. The van der Waals surface area contributed by atoms with Gasteiger partial charge in [0.15, 0.2) is 0 Å². The molecule has 1 fully saturated rings. The Kier molecular flexibility index (Phi) is 9.16. The van der Waals surface area contributed by atoms with E-state index in [1.807, 2.05) is 53.1 Å². The van der Waals surface area contributed by atoms with Crippen molar-refractivity contribution in [2.75, 3.05) is 26.0 Å². The quantitative estimate of drug-likeness (QED) is 0.481. The van der Waals surface area contributed by atoms with Crippen molar-refractivity contribution in [3.05, 3.63) is 53.7 Å². The van der Waals surface area contributed by atoms with Gasteiger partial charge in [-0.2, -0.15) is 0 Å². The van der Waals surface area contributed by atoms with E-state index in [1.54, 1.807) is 18.6 Å². The Morgan fingerprint density at radius 3 is 2.54 bits per heavy atom. The third-order valence-corrected chi connectivity index (χ3v) is 5.56. The van der Waals surface area contributed by atoms with Gasteiger partial charge < -0.3 is 15.0 Å². The van der Waals surface area contributed by atoms with Crippen LogP contribution in [-0.4, -0.2) is 52.5 Å². The number of rotatable bonds is 7. The van der Waals surface area contributed by atoms with E-state index in [1.165, 1.54) is 0 Å². The van der Waals surface area contributed by atoms with E-state index in [2.05, 4.69) is 43.9 Å². The summed E-state index contributed by atoms with van der Waals surface area (Å²) in [5.41, 5.74) is 2.28. The van der Waals surface area contributed by atoms with Crippen LogP contribution in [0, 0.1) is 24.7 Å². The number of amides is 1. The van der Waals surface area contributed by atoms with Crippen molar-refractivity contribution in [3.8, 4) is 17.6 Å². The number of aromatic nitrogens is 3. The second-order valence-electron chi connectivity index (χ2n) is 8.68. The van der Waals surface area contributed by atoms with Gasteiger partial charge in [0, 0.05) is 42.7 Å². The standard InChI is InChI=1S/C26H29N5O2.C2H6.H2/c1-5-21(16-31(3)4)33-22-11-10-20(28-14-22)9-8-19-13-27-17(2)24-15-29-25(12-23(19)24)30-26(32)18-6-7-18;1-2;/h10-15,18,21H,5-7,16H2,1-4H3,(H,29,30,32);1-2H3;1H. The molecule has 0 radical (unpaired) electrons. The molecule has 0 saturated heterocycles. The minimum absolute atomic E-state index is 0. The number of fused-ring (bicyclic) bond motifs is 1. The summed E-state index contributed by atoms with van der Waals surface area (Å²) in [6.07, 6.45) is 8.14. The first-order valence-corrected chi connectivity index (χ1v) is 12.3. The van der Waals surface area contributed by atoms with E-state index in [-0.39, 0.29) is 19.4 Å². The summed E-state index contributed by atoms with van der Waals surface area (Å²) in [6, 6.07) is 5.63. The fourth-order valence-corrected chi connectivity index (χ4v) is 3.51. The molecule has 3 heterocycles. The van der Waals surface area contributed by atoms with Gasteiger partial charge >= 0.3 is 0 Å². The van der Waals surface area contributed by atoms with Crippen LogP contribution in [0.5, 0.6) is 5.75 Å². The van der Waals surface area contributed by atoms with Crippen LogP contribution in [0.1, 0.15) is 58.4 Å². The molecule has 7 nitrogen and oxygen atoms in total. The third-order valence-electron chi connectivity index (χ3n) is 5.56. The van der Waals surface area contributed by atoms with E-state index in [4.69, 9.17) is 4.74 Å². The van der Waals surface area contributed by atoms with E-state index in [0.29, 0.717) is 11.5 Å². The molecule has 1 aliphatic carbocycles. The fourth-order valence-electron chi connectivity index (χ4n) is 3.51. The molecule has 1 atom stereocenters. The lowest BCUT2D eigenvalue weighted by Crippen LogP contribution is -2.30. The van der Waals surface area contributed by atoms with Crippen LogP contribution in [-0.2, 0) is 4.79 Å². The number of ether oxygens (including phenoxy) is 1. The molecule has 0 spiro atoms. The second kappa shape index (κ2) is 12.3. The topological polar surface area (TPSA) is 80.2 Å². The molecule has 7 heteroatoms. The van der Waals surface area contributed by atoms with Crippen molar-refractivity contribution in [2.45, 2.75) is 53.1 Å². The van der Waals surface area contributed by atoms with Gasteiger partial charge in [-0.1, -0.05) is 26.7 Å². The first kappa shape index (κ1) is 26.1. The second-order valence-corrected chi connectivity index (χ2v) is 8.68. The predicted octanol–water partition coefficient (Wildman–Crippen LogP) is 5.07. The summed E-state index contributed by atoms with van der Waals surface area (Å²) < 4.78 is 6.03. The summed E-state index contributed by atoms with van der Waals surface area (Å²) in [5, 5.41) is 4.73. The number of likely N-dealkylation sites (N-methyl/N-ethyl adjacent to an activating group) is 1.